The van der Waals surface area contributed by atoms with E-state index in [1.54, 1.807) is 10.9 Å². The molecule has 3 aromatic carbocycles. The van der Waals surface area contributed by atoms with Crippen LogP contribution in [0.1, 0.15) is 11.1 Å². The minimum absolute atomic E-state index is 0.389. The molecule has 0 aliphatic heterocycles. The lowest BCUT2D eigenvalue weighted by Crippen LogP contribution is -1.98. The first-order chi connectivity index (χ1) is 14.0. The van der Waals surface area contributed by atoms with Gasteiger partial charge in [0.05, 0.1) is 16.7 Å². The predicted molar refractivity (Wildman–Crippen MR) is 111 cm³/mol. The Morgan fingerprint density at radius 3 is 2.07 bits per heavy atom. The zero-order valence-electron chi connectivity index (χ0n) is 15.9. The van der Waals surface area contributed by atoms with E-state index in [0.717, 1.165) is 39.5 Å². The topological polar surface area (TPSA) is 30.7 Å². The molecule has 0 fully saturated rings. The fourth-order valence-electron chi connectivity index (χ4n) is 3.58. The van der Waals surface area contributed by atoms with E-state index in [1.807, 2.05) is 62.4 Å². The molecule has 2 aromatic heterocycles. The third kappa shape index (κ3) is 2.86. The van der Waals surface area contributed by atoms with Gasteiger partial charge in [0, 0.05) is 28.6 Å². The maximum Gasteiger partial charge on any atom is 0.161 e. The van der Waals surface area contributed by atoms with Crippen LogP contribution in [0.5, 0.6) is 0 Å². The largest absolute Gasteiger partial charge is 0.255 e. The molecule has 0 N–H and O–H groups in total. The zero-order chi connectivity index (χ0) is 20.1. The lowest BCUT2D eigenvalue weighted by molar-refractivity contribution is 0.511. The molecule has 0 aliphatic rings. The highest BCUT2D eigenvalue weighted by Crippen LogP contribution is 2.34. The third-order valence-corrected chi connectivity index (χ3v) is 5.15. The summed E-state index contributed by atoms with van der Waals surface area (Å²) in [6.07, 6.45) is 1.68. The first-order valence-corrected chi connectivity index (χ1v) is 9.32. The van der Waals surface area contributed by atoms with Crippen molar-refractivity contribution in [2.75, 3.05) is 0 Å². The van der Waals surface area contributed by atoms with Crippen LogP contribution in [0.2, 0.25) is 0 Å². The Hall–Kier alpha value is -3.60. The van der Waals surface area contributed by atoms with Crippen LogP contribution in [0, 0.1) is 25.5 Å². The fraction of sp³-hybridized carbons (Fsp3) is 0.0833. The number of pyridine rings is 1. The van der Waals surface area contributed by atoms with E-state index in [2.05, 4.69) is 4.98 Å². The second-order valence-electron chi connectivity index (χ2n) is 7.27. The van der Waals surface area contributed by atoms with Gasteiger partial charge in [-0.2, -0.15) is 5.10 Å². The Morgan fingerprint density at radius 2 is 1.38 bits per heavy atom. The number of rotatable bonds is 2. The van der Waals surface area contributed by atoms with Crippen molar-refractivity contribution in [3.05, 3.63) is 89.6 Å². The molecule has 0 aliphatic carbocycles. The van der Waals surface area contributed by atoms with Gasteiger partial charge < -0.3 is 0 Å². The van der Waals surface area contributed by atoms with Crippen molar-refractivity contribution in [2.45, 2.75) is 13.8 Å². The predicted octanol–water partition coefficient (Wildman–Crippen LogP) is 6.14. The molecule has 5 rings (SSSR count). The van der Waals surface area contributed by atoms with E-state index in [9.17, 15) is 8.78 Å². The quantitative estimate of drug-likeness (QED) is 0.366. The molecular weight excluding hydrogens is 368 g/mol. The molecule has 29 heavy (non-hydrogen) atoms. The summed E-state index contributed by atoms with van der Waals surface area (Å²) in [5, 5.41) is 6.16. The van der Waals surface area contributed by atoms with E-state index < -0.39 is 11.6 Å². The molecule has 142 valence electrons. The van der Waals surface area contributed by atoms with Crippen molar-refractivity contribution in [3.63, 3.8) is 0 Å². The summed E-state index contributed by atoms with van der Waals surface area (Å²) in [5.74, 6) is -1.81. The monoisotopic (exact) mass is 385 g/mol. The van der Waals surface area contributed by atoms with E-state index in [0.29, 0.717) is 16.4 Å². The minimum atomic E-state index is -0.912. The molecule has 0 radical (unpaired) electrons. The molecule has 0 bridgehead atoms. The number of benzene rings is 3. The van der Waals surface area contributed by atoms with Crippen LogP contribution in [0.4, 0.5) is 8.78 Å². The summed E-state index contributed by atoms with van der Waals surface area (Å²) in [5.41, 5.74) is 5.90. The molecule has 0 saturated carbocycles. The smallest absolute Gasteiger partial charge is 0.161 e. The van der Waals surface area contributed by atoms with Crippen LogP contribution in [-0.4, -0.2) is 14.8 Å². The highest BCUT2D eigenvalue weighted by Gasteiger charge is 2.18. The molecule has 0 amide bonds. The molecule has 0 saturated heterocycles. The Morgan fingerprint density at radius 1 is 0.759 bits per heavy atom. The second-order valence-corrected chi connectivity index (χ2v) is 7.27. The Balaban J connectivity index is 1.90. The molecular formula is C24H17F2N3. The third-order valence-electron chi connectivity index (χ3n) is 5.15. The average Bonchev–Trinajstić information content (AvgIpc) is 3.10. The normalized spacial score (nSPS) is 11.4. The fourth-order valence-corrected chi connectivity index (χ4v) is 3.58. The van der Waals surface area contributed by atoms with E-state index in [-0.39, 0.29) is 0 Å². The number of fused-ring (bicyclic) bond motifs is 3. The second kappa shape index (κ2) is 6.48. The van der Waals surface area contributed by atoms with Gasteiger partial charge >= 0.3 is 0 Å². The lowest BCUT2D eigenvalue weighted by atomic mass is 10.1. The van der Waals surface area contributed by atoms with Crippen LogP contribution < -0.4 is 0 Å². The highest BCUT2D eigenvalue weighted by atomic mass is 19.2. The summed E-state index contributed by atoms with van der Waals surface area (Å²) in [4.78, 5) is 4.38. The molecule has 0 atom stereocenters. The number of nitrogens with zero attached hydrogens (tertiary/aromatic N) is 3. The first kappa shape index (κ1) is 17.5. The van der Waals surface area contributed by atoms with Gasteiger partial charge in [0.2, 0.25) is 0 Å². The molecule has 3 nitrogen and oxygen atoms in total. The van der Waals surface area contributed by atoms with Gasteiger partial charge in [-0.15, -0.1) is 0 Å². The Labute approximate surface area is 166 Å². The van der Waals surface area contributed by atoms with Crippen LogP contribution in [0.3, 0.4) is 0 Å². The number of hydrogen-bond acceptors (Lipinski definition) is 2. The Kier molecular flexibility index (Phi) is 3.91. The van der Waals surface area contributed by atoms with Crippen molar-refractivity contribution < 1.29 is 8.78 Å². The zero-order valence-corrected chi connectivity index (χ0v) is 15.9. The summed E-state index contributed by atoms with van der Waals surface area (Å²) >= 11 is 0. The maximum atomic E-state index is 14.1. The van der Waals surface area contributed by atoms with Crippen LogP contribution >= 0.6 is 0 Å². The minimum Gasteiger partial charge on any atom is -0.255 e. The van der Waals surface area contributed by atoms with Crippen molar-refractivity contribution >= 4 is 21.8 Å². The first-order valence-electron chi connectivity index (χ1n) is 9.32. The number of hydrogen-bond donors (Lipinski definition) is 0. The number of aromatic nitrogens is 3. The summed E-state index contributed by atoms with van der Waals surface area (Å²) in [6.45, 7) is 4.04. The standard InChI is InChI=1S/C24H17F2N3/c1-14-3-7-16(8-4-14)23-19-13-27-22-12-21(26)20(25)11-18(22)24(19)29(28-23)17-9-5-15(2)6-10-17/h3-13H,1-2H3. The summed E-state index contributed by atoms with van der Waals surface area (Å²) in [6, 6.07) is 18.3. The van der Waals surface area contributed by atoms with Gasteiger partial charge in [0.1, 0.15) is 5.69 Å². The van der Waals surface area contributed by atoms with Crippen molar-refractivity contribution in [1.82, 2.24) is 14.8 Å². The van der Waals surface area contributed by atoms with Crippen LogP contribution in [0.25, 0.3) is 38.8 Å². The van der Waals surface area contributed by atoms with Gasteiger partial charge in [-0.1, -0.05) is 47.5 Å². The summed E-state index contributed by atoms with van der Waals surface area (Å²) < 4.78 is 29.7. The number of aryl methyl sites for hydroxylation is 2. The maximum absolute atomic E-state index is 14.1. The molecule has 0 unspecified atom stereocenters. The van der Waals surface area contributed by atoms with Crippen LogP contribution in [-0.2, 0) is 0 Å². The SMILES string of the molecule is Cc1ccc(-c2nn(-c3ccc(C)cc3)c3c2cnc2cc(F)c(F)cc23)cc1. The molecule has 5 heteroatoms. The highest BCUT2D eigenvalue weighted by molar-refractivity contribution is 6.08. The molecule has 0 spiro atoms. The van der Waals surface area contributed by atoms with Crippen molar-refractivity contribution in [2.24, 2.45) is 0 Å². The summed E-state index contributed by atoms with van der Waals surface area (Å²) in [7, 11) is 0. The van der Waals surface area contributed by atoms with Gasteiger partial charge in [0.25, 0.3) is 0 Å². The van der Waals surface area contributed by atoms with E-state index >= 15 is 0 Å². The Bertz CT molecular complexity index is 1370. The van der Waals surface area contributed by atoms with Crippen LogP contribution in [0.15, 0.2) is 66.9 Å². The van der Waals surface area contributed by atoms with Gasteiger partial charge in [-0.25, -0.2) is 13.5 Å². The van der Waals surface area contributed by atoms with Crippen molar-refractivity contribution in [3.8, 4) is 16.9 Å². The molecule has 5 aromatic rings. The molecule has 2 heterocycles. The van der Waals surface area contributed by atoms with Crippen molar-refractivity contribution in [1.29, 1.82) is 0 Å². The number of halogens is 2. The van der Waals surface area contributed by atoms with Gasteiger partial charge in [-0.3, -0.25) is 4.98 Å². The van der Waals surface area contributed by atoms with Gasteiger partial charge in [0.15, 0.2) is 11.6 Å². The van der Waals surface area contributed by atoms with E-state index in [1.165, 1.54) is 6.07 Å². The van der Waals surface area contributed by atoms with Gasteiger partial charge in [-0.05, 0) is 32.0 Å². The lowest BCUT2D eigenvalue weighted by Gasteiger charge is -2.07. The average molecular weight is 385 g/mol. The van der Waals surface area contributed by atoms with E-state index in [4.69, 9.17) is 5.10 Å².